The van der Waals surface area contributed by atoms with Crippen molar-refractivity contribution in [2.45, 2.75) is 38.1 Å². The Hall–Kier alpha value is -1.30. The number of nitrogens with one attached hydrogen (secondary N) is 2. The molecule has 1 atom stereocenters. The maximum atomic E-state index is 11.7. The van der Waals surface area contributed by atoms with Crippen LogP contribution in [-0.4, -0.2) is 54.7 Å². The Morgan fingerprint density at radius 1 is 1.32 bits per heavy atom. The Kier molecular flexibility index (Phi) is 5.60. The molecular weight excluding hydrogens is 246 g/mol. The van der Waals surface area contributed by atoms with Crippen molar-refractivity contribution in [2.75, 3.05) is 27.2 Å². The van der Waals surface area contributed by atoms with Gasteiger partial charge in [-0.05, 0) is 39.3 Å². The van der Waals surface area contributed by atoms with E-state index in [0.717, 1.165) is 12.8 Å². The fraction of sp³-hybridized carbons (Fsp3) is 0.846. The van der Waals surface area contributed by atoms with Gasteiger partial charge in [0.25, 0.3) is 0 Å². The lowest BCUT2D eigenvalue weighted by Crippen LogP contribution is -2.58. The Labute approximate surface area is 114 Å². The Morgan fingerprint density at radius 3 is 2.37 bits per heavy atom. The van der Waals surface area contributed by atoms with E-state index in [1.54, 1.807) is 0 Å². The molecule has 0 aromatic rings. The minimum Gasteiger partial charge on any atom is -0.481 e. The third-order valence-corrected chi connectivity index (χ3v) is 3.95. The molecule has 19 heavy (non-hydrogen) atoms. The number of amides is 2. The van der Waals surface area contributed by atoms with Crippen LogP contribution in [0.1, 0.15) is 32.6 Å². The number of hydrogen-bond acceptors (Lipinski definition) is 3. The highest BCUT2D eigenvalue weighted by molar-refractivity contribution is 5.74. The minimum absolute atomic E-state index is 0.0604. The van der Waals surface area contributed by atoms with E-state index in [2.05, 4.69) is 15.5 Å². The molecule has 1 rings (SSSR count). The first-order chi connectivity index (χ1) is 8.85. The van der Waals surface area contributed by atoms with Crippen molar-refractivity contribution in [3.63, 3.8) is 0 Å². The van der Waals surface area contributed by atoms with Crippen LogP contribution >= 0.6 is 0 Å². The average Bonchev–Trinajstić information content (AvgIpc) is 2.23. The minimum atomic E-state index is -0.837. The van der Waals surface area contributed by atoms with E-state index >= 15 is 0 Å². The topological polar surface area (TPSA) is 81.7 Å². The lowest BCUT2D eigenvalue weighted by atomic mass is 9.75. The predicted molar refractivity (Wildman–Crippen MR) is 73.1 cm³/mol. The molecule has 1 unspecified atom stereocenters. The quantitative estimate of drug-likeness (QED) is 0.642. The van der Waals surface area contributed by atoms with Crippen molar-refractivity contribution < 1.29 is 14.7 Å². The first-order valence-electron chi connectivity index (χ1n) is 6.77. The third kappa shape index (κ3) is 4.70. The van der Waals surface area contributed by atoms with Crippen molar-refractivity contribution >= 4 is 12.0 Å². The zero-order chi connectivity index (χ0) is 14.5. The highest BCUT2D eigenvalue weighted by Crippen LogP contribution is 2.35. The monoisotopic (exact) mass is 271 g/mol. The summed E-state index contributed by atoms with van der Waals surface area (Å²) in [6.45, 7) is 2.83. The molecule has 1 aliphatic carbocycles. The molecule has 0 aliphatic heterocycles. The van der Waals surface area contributed by atoms with Crippen LogP contribution in [0.3, 0.4) is 0 Å². The van der Waals surface area contributed by atoms with Gasteiger partial charge in [0.15, 0.2) is 0 Å². The van der Waals surface area contributed by atoms with Crippen LogP contribution in [0.2, 0.25) is 0 Å². The highest BCUT2D eigenvalue weighted by atomic mass is 16.4. The molecule has 1 saturated carbocycles. The van der Waals surface area contributed by atoms with E-state index in [4.69, 9.17) is 5.11 Å². The summed E-state index contributed by atoms with van der Waals surface area (Å²) in [4.78, 5) is 24.3. The molecule has 0 saturated heterocycles. The summed E-state index contributed by atoms with van der Waals surface area (Å²) in [6, 6.07) is -0.217. The van der Waals surface area contributed by atoms with Gasteiger partial charge in [-0.25, -0.2) is 4.79 Å². The fourth-order valence-corrected chi connectivity index (χ4v) is 2.31. The van der Waals surface area contributed by atoms with Gasteiger partial charge in [-0.1, -0.05) is 6.92 Å². The second kappa shape index (κ2) is 6.75. The van der Waals surface area contributed by atoms with Gasteiger partial charge in [-0.15, -0.1) is 0 Å². The normalized spacial score (nSPS) is 18.5. The molecule has 0 aromatic heterocycles. The van der Waals surface area contributed by atoms with E-state index in [-0.39, 0.29) is 23.9 Å². The van der Waals surface area contributed by atoms with Gasteiger partial charge in [-0.3, -0.25) is 4.79 Å². The van der Waals surface area contributed by atoms with Gasteiger partial charge in [0.2, 0.25) is 0 Å². The number of rotatable bonds is 7. The average molecular weight is 271 g/mol. The number of carboxylic acid groups (broad SMARTS) is 1. The Balaban J connectivity index is 2.23. The molecule has 0 heterocycles. The first kappa shape index (κ1) is 15.8. The number of hydrogen-bond donors (Lipinski definition) is 3. The standard InChI is InChI=1S/C13H25N3O3/c1-10(7-11(17)18)8-14-12(19)15-9-13(16(2)3)5-4-6-13/h10H,4-9H2,1-3H3,(H,17,18)(H2,14,15,19). The Bertz CT molecular complexity index is 327. The number of carbonyl (C=O) groups excluding carboxylic acids is 1. The summed E-state index contributed by atoms with van der Waals surface area (Å²) in [5.41, 5.74) is 0.101. The second-order valence-corrected chi connectivity index (χ2v) is 5.74. The van der Waals surface area contributed by atoms with Crippen LogP contribution in [0, 0.1) is 5.92 Å². The second-order valence-electron chi connectivity index (χ2n) is 5.74. The smallest absolute Gasteiger partial charge is 0.314 e. The number of carbonyl (C=O) groups is 2. The largest absolute Gasteiger partial charge is 0.481 e. The molecule has 0 spiro atoms. The summed E-state index contributed by atoms with van der Waals surface area (Å²) >= 11 is 0. The van der Waals surface area contributed by atoms with Crippen LogP contribution < -0.4 is 10.6 Å². The molecule has 1 aliphatic rings. The van der Waals surface area contributed by atoms with E-state index in [1.807, 2.05) is 21.0 Å². The summed E-state index contributed by atoms with van der Waals surface area (Å²) < 4.78 is 0. The van der Waals surface area contributed by atoms with Crippen LogP contribution in [0.4, 0.5) is 4.79 Å². The molecule has 0 aromatic carbocycles. The van der Waals surface area contributed by atoms with Crippen molar-refractivity contribution in [1.82, 2.24) is 15.5 Å². The van der Waals surface area contributed by atoms with Crippen molar-refractivity contribution in [2.24, 2.45) is 5.92 Å². The summed E-state index contributed by atoms with van der Waals surface area (Å²) in [6.07, 6.45) is 3.49. The maximum absolute atomic E-state index is 11.7. The lowest BCUT2D eigenvalue weighted by molar-refractivity contribution is -0.137. The van der Waals surface area contributed by atoms with Gasteiger partial charge in [0.1, 0.15) is 0 Å². The number of carboxylic acids is 1. The number of likely N-dealkylation sites (N-methyl/N-ethyl adjacent to an activating group) is 1. The third-order valence-electron chi connectivity index (χ3n) is 3.95. The predicted octanol–water partition coefficient (Wildman–Crippen LogP) is 0.881. The van der Waals surface area contributed by atoms with Gasteiger partial charge in [0.05, 0.1) is 0 Å². The van der Waals surface area contributed by atoms with E-state index in [0.29, 0.717) is 13.1 Å². The van der Waals surface area contributed by atoms with Crippen LogP contribution in [0.5, 0.6) is 0 Å². The number of nitrogens with zero attached hydrogens (tertiary/aromatic N) is 1. The number of aliphatic carboxylic acids is 1. The van der Waals surface area contributed by atoms with Gasteiger partial charge in [0, 0.05) is 25.0 Å². The van der Waals surface area contributed by atoms with E-state index < -0.39 is 5.97 Å². The van der Waals surface area contributed by atoms with Crippen LogP contribution in [-0.2, 0) is 4.79 Å². The van der Waals surface area contributed by atoms with Crippen LogP contribution in [0.25, 0.3) is 0 Å². The molecule has 3 N–H and O–H groups in total. The van der Waals surface area contributed by atoms with Crippen molar-refractivity contribution in [1.29, 1.82) is 0 Å². The molecular formula is C13H25N3O3. The van der Waals surface area contributed by atoms with E-state index in [1.165, 1.54) is 6.42 Å². The molecule has 0 radical (unpaired) electrons. The number of urea groups is 1. The molecule has 0 bridgehead atoms. The fourth-order valence-electron chi connectivity index (χ4n) is 2.31. The molecule has 6 nitrogen and oxygen atoms in total. The highest BCUT2D eigenvalue weighted by Gasteiger charge is 2.39. The van der Waals surface area contributed by atoms with Crippen molar-refractivity contribution in [3.8, 4) is 0 Å². The lowest BCUT2D eigenvalue weighted by Gasteiger charge is -2.47. The summed E-state index contributed by atoms with van der Waals surface area (Å²) in [5, 5.41) is 14.2. The zero-order valence-electron chi connectivity index (χ0n) is 12.0. The van der Waals surface area contributed by atoms with Crippen molar-refractivity contribution in [3.05, 3.63) is 0 Å². The maximum Gasteiger partial charge on any atom is 0.314 e. The molecule has 2 amide bonds. The summed E-state index contributed by atoms with van der Waals surface area (Å²) in [7, 11) is 4.07. The molecule has 6 heteroatoms. The summed E-state index contributed by atoms with van der Waals surface area (Å²) in [5.74, 6) is -0.898. The van der Waals surface area contributed by atoms with Gasteiger partial charge in [-0.2, -0.15) is 0 Å². The molecule has 110 valence electrons. The first-order valence-corrected chi connectivity index (χ1v) is 6.77. The Morgan fingerprint density at radius 2 is 1.95 bits per heavy atom. The van der Waals surface area contributed by atoms with Crippen LogP contribution in [0.15, 0.2) is 0 Å². The van der Waals surface area contributed by atoms with Gasteiger partial charge >= 0.3 is 12.0 Å². The van der Waals surface area contributed by atoms with E-state index in [9.17, 15) is 9.59 Å². The SMILES string of the molecule is CC(CNC(=O)NCC1(N(C)C)CCC1)CC(=O)O. The molecule has 1 fully saturated rings. The zero-order valence-corrected chi connectivity index (χ0v) is 12.0. The van der Waals surface area contributed by atoms with Gasteiger partial charge < -0.3 is 20.6 Å².